The Balaban J connectivity index is 1.29. The molecule has 4 rings (SSSR count). The number of ether oxygens (including phenoxy) is 1. The highest BCUT2D eigenvalue weighted by atomic mass is 16.5. The van der Waals surface area contributed by atoms with Gasteiger partial charge in [0.15, 0.2) is 0 Å². The second-order valence-electron chi connectivity index (χ2n) is 8.87. The Kier molecular flexibility index (Phi) is 7.63. The number of aryl methyl sites for hydroxylation is 1. The van der Waals surface area contributed by atoms with Crippen LogP contribution in [-0.2, 0) is 12.8 Å². The van der Waals surface area contributed by atoms with Crippen LogP contribution in [0, 0.1) is 5.92 Å². The number of carbonyl (C=O) groups is 1. The number of hydrogen-bond donors (Lipinski definition) is 2. The van der Waals surface area contributed by atoms with E-state index < -0.39 is 0 Å². The van der Waals surface area contributed by atoms with E-state index in [4.69, 9.17) is 4.74 Å². The zero-order valence-corrected chi connectivity index (χ0v) is 19.5. The third kappa shape index (κ3) is 6.59. The molecule has 0 spiro atoms. The maximum Gasteiger partial charge on any atom is 0.323 e. The van der Waals surface area contributed by atoms with Crippen LogP contribution in [0.3, 0.4) is 0 Å². The predicted octanol–water partition coefficient (Wildman–Crippen LogP) is 6.57. The number of nitrogens with zero attached hydrogens (tertiary/aromatic N) is 1. The van der Waals surface area contributed by atoms with Gasteiger partial charge >= 0.3 is 6.03 Å². The zero-order chi connectivity index (χ0) is 23.0. The summed E-state index contributed by atoms with van der Waals surface area (Å²) in [4.78, 5) is 14.9. The van der Waals surface area contributed by atoms with Crippen molar-refractivity contribution in [2.75, 3.05) is 30.8 Å². The van der Waals surface area contributed by atoms with Crippen molar-refractivity contribution < 1.29 is 9.53 Å². The molecule has 1 atom stereocenters. The molecule has 0 aliphatic heterocycles. The molecule has 0 heterocycles. The summed E-state index contributed by atoms with van der Waals surface area (Å²) in [6.45, 7) is 4.54. The van der Waals surface area contributed by atoms with E-state index in [-0.39, 0.29) is 6.03 Å². The molecule has 0 fully saturated rings. The standard InChI is InChI=1S/C28H33N3O2/c1-3-17-31(2)20-21-9-10-23-19-25(12-11-22(23)18-21)30-28(32)29-24-13-15-27(16-14-24)33-26-7-5-4-6-8-26/h4-8,11-16,19,21H,3,9-10,17-18,20H2,1-2H3,(H2,29,30,32). The van der Waals surface area contributed by atoms with Crippen molar-refractivity contribution >= 4 is 17.4 Å². The third-order valence-corrected chi connectivity index (χ3v) is 6.06. The summed E-state index contributed by atoms with van der Waals surface area (Å²) < 4.78 is 5.80. The highest BCUT2D eigenvalue weighted by molar-refractivity contribution is 5.99. The summed E-state index contributed by atoms with van der Waals surface area (Å²) >= 11 is 0. The lowest BCUT2D eigenvalue weighted by Crippen LogP contribution is -2.30. The third-order valence-electron chi connectivity index (χ3n) is 6.06. The van der Waals surface area contributed by atoms with E-state index in [2.05, 4.69) is 41.6 Å². The van der Waals surface area contributed by atoms with Gasteiger partial charge in [-0.25, -0.2) is 4.79 Å². The van der Waals surface area contributed by atoms with Gasteiger partial charge in [0.2, 0.25) is 0 Å². The number of anilines is 2. The van der Waals surface area contributed by atoms with Crippen molar-refractivity contribution in [3.63, 3.8) is 0 Å². The van der Waals surface area contributed by atoms with E-state index in [0.29, 0.717) is 11.6 Å². The summed E-state index contributed by atoms with van der Waals surface area (Å²) in [5.41, 5.74) is 4.31. The summed E-state index contributed by atoms with van der Waals surface area (Å²) in [7, 11) is 2.22. The average Bonchev–Trinajstić information content (AvgIpc) is 2.81. The predicted molar refractivity (Wildman–Crippen MR) is 135 cm³/mol. The molecule has 0 radical (unpaired) electrons. The lowest BCUT2D eigenvalue weighted by Gasteiger charge is -2.28. The number of amides is 2. The van der Waals surface area contributed by atoms with Gasteiger partial charge in [-0.1, -0.05) is 31.2 Å². The quantitative estimate of drug-likeness (QED) is 0.414. The first kappa shape index (κ1) is 22.9. The molecule has 1 aliphatic rings. The first-order chi connectivity index (χ1) is 16.1. The minimum atomic E-state index is -0.249. The molecule has 0 saturated carbocycles. The van der Waals surface area contributed by atoms with Crippen molar-refractivity contribution in [1.82, 2.24) is 4.90 Å². The number of carbonyl (C=O) groups excluding carboxylic acids is 1. The molecular formula is C28H33N3O2. The number of rotatable bonds is 8. The van der Waals surface area contributed by atoms with Gasteiger partial charge in [0.05, 0.1) is 0 Å². The first-order valence-corrected chi connectivity index (χ1v) is 11.8. The minimum absolute atomic E-state index is 0.249. The highest BCUT2D eigenvalue weighted by Crippen LogP contribution is 2.29. The fourth-order valence-corrected chi connectivity index (χ4v) is 4.50. The molecule has 0 bridgehead atoms. The van der Waals surface area contributed by atoms with Crippen molar-refractivity contribution in [3.8, 4) is 11.5 Å². The molecule has 2 amide bonds. The van der Waals surface area contributed by atoms with Gasteiger partial charge in [-0.15, -0.1) is 0 Å². The summed E-state index contributed by atoms with van der Waals surface area (Å²) in [6, 6.07) is 23.0. The Morgan fingerprint density at radius 2 is 1.64 bits per heavy atom. The molecule has 3 aromatic carbocycles. The molecule has 2 N–H and O–H groups in total. The molecule has 3 aromatic rings. The second kappa shape index (κ2) is 11.0. The Labute approximate surface area is 196 Å². The highest BCUT2D eigenvalue weighted by Gasteiger charge is 2.20. The van der Waals surface area contributed by atoms with E-state index in [9.17, 15) is 4.79 Å². The van der Waals surface area contributed by atoms with Crippen molar-refractivity contribution in [2.24, 2.45) is 5.92 Å². The number of fused-ring (bicyclic) bond motifs is 1. The van der Waals surface area contributed by atoms with Crippen LogP contribution in [-0.4, -0.2) is 31.1 Å². The normalized spacial score (nSPS) is 15.1. The monoisotopic (exact) mass is 443 g/mol. The average molecular weight is 444 g/mol. The van der Waals surface area contributed by atoms with Gasteiger partial charge in [-0.05, 0) is 105 Å². The van der Waals surface area contributed by atoms with Gasteiger partial charge < -0.3 is 20.3 Å². The van der Waals surface area contributed by atoms with Gasteiger partial charge in [0.1, 0.15) is 11.5 Å². The molecule has 1 unspecified atom stereocenters. The van der Waals surface area contributed by atoms with Crippen LogP contribution in [0.25, 0.3) is 0 Å². The molecule has 33 heavy (non-hydrogen) atoms. The van der Waals surface area contributed by atoms with Gasteiger partial charge in [0.25, 0.3) is 0 Å². The first-order valence-electron chi connectivity index (χ1n) is 11.8. The molecule has 172 valence electrons. The fraction of sp³-hybridized carbons (Fsp3) is 0.321. The smallest absolute Gasteiger partial charge is 0.323 e. The number of para-hydroxylation sites is 1. The van der Waals surface area contributed by atoms with E-state index in [1.807, 2.05) is 60.7 Å². The number of hydrogen-bond acceptors (Lipinski definition) is 3. The topological polar surface area (TPSA) is 53.6 Å². The largest absolute Gasteiger partial charge is 0.457 e. The van der Waals surface area contributed by atoms with E-state index in [0.717, 1.165) is 43.1 Å². The van der Waals surface area contributed by atoms with Crippen LogP contribution in [0.4, 0.5) is 16.2 Å². The molecule has 5 heteroatoms. The van der Waals surface area contributed by atoms with Crippen LogP contribution in [0.2, 0.25) is 0 Å². The molecule has 0 saturated heterocycles. The SMILES string of the molecule is CCCN(C)CC1CCc2cc(NC(=O)Nc3ccc(Oc4ccccc4)cc3)ccc2C1. The lowest BCUT2D eigenvalue weighted by molar-refractivity contribution is 0.261. The Morgan fingerprint density at radius 1 is 0.939 bits per heavy atom. The van der Waals surface area contributed by atoms with E-state index in [1.165, 1.54) is 24.0 Å². The fourth-order valence-electron chi connectivity index (χ4n) is 4.50. The van der Waals surface area contributed by atoms with Crippen LogP contribution in [0.1, 0.15) is 30.9 Å². The maximum absolute atomic E-state index is 12.5. The van der Waals surface area contributed by atoms with Crippen LogP contribution < -0.4 is 15.4 Å². The Bertz CT molecular complexity index is 1050. The van der Waals surface area contributed by atoms with Crippen molar-refractivity contribution in [1.29, 1.82) is 0 Å². The number of urea groups is 1. The van der Waals surface area contributed by atoms with Gasteiger partial charge in [0, 0.05) is 17.9 Å². The lowest BCUT2D eigenvalue weighted by atomic mass is 9.83. The number of benzene rings is 3. The molecule has 5 nitrogen and oxygen atoms in total. The van der Waals surface area contributed by atoms with Crippen LogP contribution in [0.15, 0.2) is 72.8 Å². The van der Waals surface area contributed by atoms with Gasteiger partial charge in [-0.3, -0.25) is 0 Å². The van der Waals surface area contributed by atoms with E-state index in [1.54, 1.807) is 0 Å². The van der Waals surface area contributed by atoms with Gasteiger partial charge in [-0.2, -0.15) is 0 Å². The Hall–Kier alpha value is -3.31. The van der Waals surface area contributed by atoms with E-state index >= 15 is 0 Å². The summed E-state index contributed by atoms with van der Waals surface area (Å²) in [5, 5.41) is 5.86. The van der Waals surface area contributed by atoms with Crippen molar-refractivity contribution in [2.45, 2.75) is 32.6 Å². The maximum atomic E-state index is 12.5. The minimum Gasteiger partial charge on any atom is -0.457 e. The van der Waals surface area contributed by atoms with Crippen molar-refractivity contribution in [3.05, 3.63) is 83.9 Å². The Morgan fingerprint density at radius 3 is 2.39 bits per heavy atom. The zero-order valence-electron chi connectivity index (χ0n) is 19.5. The second-order valence-corrected chi connectivity index (χ2v) is 8.87. The molecule has 0 aromatic heterocycles. The molecule has 1 aliphatic carbocycles. The summed E-state index contributed by atoms with van der Waals surface area (Å²) in [6.07, 6.45) is 4.59. The number of nitrogens with one attached hydrogen (secondary N) is 2. The van der Waals surface area contributed by atoms with Crippen LogP contribution >= 0.6 is 0 Å². The molecular weight excluding hydrogens is 410 g/mol. The summed E-state index contributed by atoms with van der Waals surface area (Å²) in [5.74, 6) is 2.22. The van der Waals surface area contributed by atoms with Crippen LogP contribution in [0.5, 0.6) is 11.5 Å².